The highest BCUT2D eigenvalue weighted by atomic mass is 28.4. The molecule has 0 fully saturated rings. The first kappa shape index (κ1) is 21.2. The maximum atomic E-state index is 12.5. The molecule has 2 atom stereocenters. The Morgan fingerprint density at radius 3 is 2.33 bits per heavy atom. The normalized spacial score (nSPS) is 20.9. The topological polar surface area (TPSA) is 38.8 Å². The van der Waals surface area contributed by atoms with Gasteiger partial charge in [-0.25, -0.2) is 4.79 Å². The molecule has 0 aliphatic carbocycles. The molecular weight excluding hydrogens is 318 g/mol. The molecule has 0 radical (unpaired) electrons. The van der Waals surface area contributed by atoms with Gasteiger partial charge in [0, 0.05) is 18.3 Å². The lowest BCUT2D eigenvalue weighted by Gasteiger charge is -2.40. The van der Waals surface area contributed by atoms with E-state index in [1.54, 1.807) is 4.90 Å². The molecule has 1 aliphatic heterocycles. The van der Waals surface area contributed by atoms with Gasteiger partial charge in [0.15, 0.2) is 8.32 Å². The van der Waals surface area contributed by atoms with Crippen LogP contribution < -0.4 is 0 Å². The van der Waals surface area contributed by atoms with Crippen molar-refractivity contribution in [3.8, 4) is 0 Å². The summed E-state index contributed by atoms with van der Waals surface area (Å²) in [4.78, 5) is 14.2. The first-order valence-corrected chi connectivity index (χ1v) is 12.0. The van der Waals surface area contributed by atoms with Gasteiger partial charge in [0.25, 0.3) is 0 Å². The summed E-state index contributed by atoms with van der Waals surface area (Å²) < 4.78 is 12.0. The number of carbonyl (C=O) groups is 1. The number of hydrogen-bond donors (Lipinski definition) is 0. The molecule has 0 N–H and O–H groups in total. The van der Waals surface area contributed by atoms with Gasteiger partial charge in [0.1, 0.15) is 5.60 Å². The summed E-state index contributed by atoms with van der Waals surface area (Å²) in [5, 5.41) is 0.193. The van der Waals surface area contributed by atoms with Crippen LogP contribution >= 0.6 is 0 Å². The second kappa shape index (κ2) is 7.61. The molecule has 140 valence electrons. The van der Waals surface area contributed by atoms with Crippen LogP contribution in [0.25, 0.3) is 0 Å². The Kier molecular flexibility index (Phi) is 6.73. The number of rotatable bonds is 4. The van der Waals surface area contributed by atoms with Crippen molar-refractivity contribution in [3.05, 3.63) is 12.3 Å². The predicted octanol–water partition coefficient (Wildman–Crippen LogP) is 5.70. The Balaban J connectivity index is 2.74. The molecule has 1 heterocycles. The van der Waals surface area contributed by atoms with Gasteiger partial charge in [-0.3, -0.25) is 4.90 Å². The maximum Gasteiger partial charge on any atom is 0.414 e. The minimum Gasteiger partial charge on any atom is -0.443 e. The molecule has 5 heteroatoms. The smallest absolute Gasteiger partial charge is 0.414 e. The fraction of sp³-hybridized carbons (Fsp3) is 0.842. The Bertz CT molecular complexity index is 460. The van der Waals surface area contributed by atoms with Crippen molar-refractivity contribution < 1.29 is 14.0 Å². The van der Waals surface area contributed by atoms with E-state index in [-0.39, 0.29) is 23.3 Å². The van der Waals surface area contributed by atoms with Gasteiger partial charge in [-0.1, -0.05) is 26.8 Å². The second-order valence-corrected chi connectivity index (χ2v) is 14.2. The van der Waals surface area contributed by atoms with Gasteiger partial charge in [-0.15, -0.1) is 0 Å². The number of allylic oxidation sites excluding steroid dienone is 1. The Morgan fingerprint density at radius 2 is 1.83 bits per heavy atom. The van der Waals surface area contributed by atoms with Gasteiger partial charge in [-0.05, 0) is 65.1 Å². The fourth-order valence-electron chi connectivity index (χ4n) is 2.60. The number of hydrogen-bond acceptors (Lipinski definition) is 3. The quantitative estimate of drug-likeness (QED) is 0.607. The van der Waals surface area contributed by atoms with E-state index >= 15 is 0 Å². The zero-order valence-electron chi connectivity index (χ0n) is 17.1. The van der Waals surface area contributed by atoms with Crippen molar-refractivity contribution in [1.82, 2.24) is 4.90 Å². The minimum atomic E-state index is -1.79. The maximum absolute atomic E-state index is 12.5. The lowest BCUT2D eigenvalue weighted by atomic mass is 10.0. The van der Waals surface area contributed by atoms with E-state index in [0.29, 0.717) is 0 Å². The van der Waals surface area contributed by atoms with Gasteiger partial charge in [0.2, 0.25) is 0 Å². The summed E-state index contributed by atoms with van der Waals surface area (Å²) in [6.45, 7) is 19.1. The third-order valence-corrected chi connectivity index (χ3v) is 9.44. The van der Waals surface area contributed by atoms with Crippen molar-refractivity contribution >= 4 is 14.4 Å². The van der Waals surface area contributed by atoms with Crippen LogP contribution in [0, 0.1) is 0 Å². The first-order chi connectivity index (χ1) is 10.7. The van der Waals surface area contributed by atoms with E-state index in [1.807, 2.05) is 33.0 Å². The number of nitrogens with zero attached hydrogens (tertiary/aromatic N) is 1. The molecule has 0 unspecified atom stereocenters. The monoisotopic (exact) mass is 355 g/mol. The van der Waals surface area contributed by atoms with E-state index in [4.69, 9.17) is 9.16 Å². The number of ether oxygens (including phenoxy) is 1. The zero-order valence-corrected chi connectivity index (χ0v) is 18.1. The lowest BCUT2D eigenvalue weighted by molar-refractivity contribution is 0.0209. The molecule has 1 aliphatic rings. The van der Waals surface area contributed by atoms with Crippen molar-refractivity contribution in [2.24, 2.45) is 0 Å². The minimum absolute atomic E-state index is 0.132. The van der Waals surface area contributed by atoms with Crippen LogP contribution in [-0.4, -0.2) is 37.1 Å². The van der Waals surface area contributed by atoms with E-state index in [0.717, 1.165) is 19.3 Å². The van der Waals surface area contributed by atoms with E-state index in [9.17, 15) is 4.79 Å². The molecule has 24 heavy (non-hydrogen) atoms. The van der Waals surface area contributed by atoms with Gasteiger partial charge in [-0.2, -0.15) is 0 Å². The van der Waals surface area contributed by atoms with Gasteiger partial charge in [0.05, 0.1) is 0 Å². The van der Waals surface area contributed by atoms with Crippen LogP contribution in [-0.2, 0) is 9.16 Å². The molecule has 0 aromatic carbocycles. The van der Waals surface area contributed by atoms with Gasteiger partial charge >= 0.3 is 6.09 Å². The van der Waals surface area contributed by atoms with Crippen molar-refractivity contribution in [3.63, 3.8) is 0 Å². The van der Waals surface area contributed by atoms with Crippen molar-refractivity contribution in [1.29, 1.82) is 0 Å². The third-order valence-electron chi connectivity index (χ3n) is 4.84. The molecule has 1 rings (SSSR count). The Hall–Kier alpha value is -0.813. The van der Waals surface area contributed by atoms with E-state index in [1.165, 1.54) is 0 Å². The summed E-state index contributed by atoms with van der Waals surface area (Å²) in [5.41, 5.74) is -0.476. The second-order valence-electron chi connectivity index (χ2n) is 9.43. The first-order valence-electron chi connectivity index (χ1n) is 9.09. The highest BCUT2D eigenvalue weighted by molar-refractivity contribution is 6.74. The summed E-state index contributed by atoms with van der Waals surface area (Å²) in [6.07, 6.45) is 6.59. The standard InChI is InChI=1S/C19H37NO3Si/c1-15(23-24(8,9)19(5,6)7)14-16-12-10-11-13-20(16)17(21)22-18(2,3)4/h11,13,15-16H,10,12,14H2,1-9H3/t15-,16-/m0/s1. The van der Waals surface area contributed by atoms with Crippen LogP contribution in [0.3, 0.4) is 0 Å². The van der Waals surface area contributed by atoms with E-state index in [2.05, 4.69) is 40.8 Å². The zero-order chi connectivity index (χ0) is 18.8. The van der Waals surface area contributed by atoms with Crippen LogP contribution in [0.15, 0.2) is 12.3 Å². The van der Waals surface area contributed by atoms with Crippen LogP contribution in [0.1, 0.15) is 67.7 Å². The average molecular weight is 356 g/mol. The summed E-state index contributed by atoms with van der Waals surface area (Å²) >= 11 is 0. The molecule has 0 aromatic heterocycles. The van der Waals surface area contributed by atoms with Gasteiger partial charge < -0.3 is 9.16 Å². The summed E-state index contributed by atoms with van der Waals surface area (Å²) in [7, 11) is -1.79. The Morgan fingerprint density at radius 1 is 1.25 bits per heavy atom. The van der Waals surface area contributed by atoms with Crippen LogP contribution in [0.2, 0.25) is 18.1 Å². The molecule has 0 bridgehead atoms. The predicted molar refractivity (Wildman–Crippen MR) is 103 cm³/mol. The van der Waals surface area contributed by atoms with Crippen molar-refractivity contribution in [2.75, 3.05) is 0 Å². The molecule has 0 saturated heterocycles. The fourth-order valence-corrected chi connectivity index (χ4v) is 4.06. The lowest BCUT2D eigenvalue weighted by Crippen LogP contribution is -2.46. The highest BCUT2D eigenvalue weighted by Gasteiger charge is 2.39. The summed E-state index contributed by atoms with van der Waals surface area (Å²) in [6, 6.07) is 0.143. The van der Waals surface area contributed by atoms with Crippen molar-refractivity contribution in [2.45, 2.75) is 104 Å². The molecule has 1 amide bonds. The highest BCUT2D eigenvalue weighted by Crippen LogP contribution is 2.38. The summed E-state index contributed by atoms with van der Waals surface area (Å²) in [5.74, 6) is 0. The number of carbonyl (C=O) groups excluding carboxylic acids is 1. The van der Waals surface area contributed by atoms with Crippen LogP contribution in [0.4, 0.5) is 4.79 Å². The SMILES string of the molecule is C[C@@H](C[C@@H]1CCC=CN1C(=O)OC(C)(C)C)O[Si](C)(C)C(C)(C)C. The van der Waals surface area contributed by atoms with E-state index < -0.39 is 13.9 Å². The molecular formula is C19H37NO3Si. The molecule has 4 nitrogen and oxygen atoms in total. The number of amides is 1. The third kappa shape index (κ3) is 6.24. The Labute approximate surface area is 149 Å². The average Bonchev–Trinajstić information content (AvgIpc) is 2.34. The molecule has 0 saturated carbocycles. The molecule has 0 aromatic rings. The molecule has 0 spiro atoms. The largest absolute Gasteiger partial charge is 0.443 e. The van der Waals surface area contributed by atoms with Crippen LogP contribution in [0.5, 0.6) is 0 Å².